The lowest BCUT2D eigenvalue weighted by Gasteiger charge is -2.16. The number of fused-ring (bicyclic) bond motifs is 1. The molecule has 0 aliphatic carbocycles. The van der Waals surface area contributed by atoms with Crippen LogP contribution in [0.25, 0.3) is 0 Å². The molecule has 2 aromatic rings. The highest BCUT2D eigenvalue weighted by Gasteiger charge is 2.30. The number of hydrazine groups is 1. The van der Waals surface area contributed by atoms with Crippen LogP contribution in [0.2, 0.25) is 0 Å². The molecule has 6 N–H and O–H groups in total. The molecule has 2 aromatic carbocycles. The Bertz CT molecular complexity index is 825. The predicted octanol–water partition coefficient (Wildman–Crippen LogP) is 1.59. The average Bonchev–Trinajstić information content (AvgIpc) is 3.26. The maximum Gasteiger partial charge on any atom is 0.247 e. The minimum atomic E-state index is -0.485. The number of anilines is 2. The van der Waals surface area contributed by atoms with E-state index in [0.717, 1.165) is 23.4 Å². The summed E-state index contributed by atoms with van der Waals surface area (Å²) in [7, 11) is 0. The quantitative estimate of drug-likeness (QED) is 0.577. The molecule has 3 atom stereocenters. The molecule has 136 valence electrons. The van der Waals surface area contributed by atoms with Crippen LogP contribution in [0.5, 0.6) is 0 Å². The van der Waals surface area contributed by atoms with Crippen molar-refractivity contribution in [1.29, 1.82) is 0 Å². The van der Waals surface area contributed by atoms with Crippen LogP contribution in [-0.2, 0) is 11.2 Å². The van der Waals surface area contributed by atoms with Crippen LogP contribution < -0.4 is 27.2 Å². The number of rotatable bonds is 3. The molecule has 1 fully saturated rings. The molecule has 2 aliphatic heterocycles. The van der Waals surface area contributed by atoms with Crippen LogP contribution in [0.3, 0.4) is 0 Å². The number of benzene rings is 2. The summed E-state index contributed by atoms with van der Waals surface area (Å²) < 4.78 is 14.0. The van der Waals surface area contributed by atoms with Gasteiger partial charge in [-0.1, -0.05) is 18.2 Å². The SMILES string of the molecule is Cc1ccc(F)c2c1NC(C(=O)Nc1cccc(C3CNNC3N)c1)C2. The lowest BCUT2D eigenvalue weighted by atomic mass is 9.97. The van der Waals surface area contributed by atoms with Gasteiger partial charge in [0, 0.05) is 35.8 Å². The fraction of sp³-hybridized carbons (Fsp3) is 0.316. The second kappa shape index (κ2) is 6.68. The molecule has 0 spiro atoms. The van der Waals surface area contributed by atoms with E-state index in [1.165, 1.54) is 6.07 Å². The molecule has 1 amide bonds. The Kier molecular flexibility index (Phi) is 4.36. The van der Waals surface area contributed by atoms with E-state index in [2.05, 4.69) is 21.5 Å². The number of amides is 1. The summed E-state index contributed by atoms with van der Waals surface area (Å²) in [5, 5.41) is 6.08. The Morgan fingerprint density at radius 3 is 2.88 bits per heavy atom. The Labute approximate surface area is 151 Å². The molecule has 1 saturated heterocycles. The van der Waals surface area contributed by atoms with Crippen molar-refractivity contribution in [2.75, 3.05) is 17.2 Å². The molecule has 0 radical (unpaired) electrons. The monoisotopic (exact) mass is 355 g/mol. The van der Waals surface area contributed by atoms with Crippen LogP contribution in [-0.4, -0.2) is 24.7 Å². The van der Waals surface area contributed by atoms with E-state index in [1.54, 1.807) is 6.07 Å². The van der Waals surface area contributed by atoms with Gasteiger partial charge in [-0.15, -0.1) is 0 Å². The van der Waals surface area contributed by atoms with Crippen LogP contribution in [0.15, 0.2) is 36.4 Å². The predicted molar refractivity (Wildman–Crippen MR) is 99.2 cm³/mol. The first kappa shape index (κ1) is 17.0. The second-order valence-electron chi connectivity index (χ2n) is 6.89. The minimum absolute atomic E-state index is 0.137. The van der Waals surface area contributed by atoms with Gasteiger partial charge in [-0.25, -0.2) is 9.82 Å². The summed E-state index contributed by atoms with van der Waals surface area (Å²) >= 11 is 0. The van der Waals surface area contributed by atoms with Crippen molar-refractivity contribution in [1.82, 2.24) is 10.9 Å². The van der Waals surface area contributed by atoms with E-state index >= 15 is 0 Å². The first-order valence-corrected chi connectivity index (χ1v) is 8.72. The fourth-order valence-electron chi connectivity index (χ4n) is 3.64. The number of aryl methyl sites for hydroxylation is 1. The third kappa shape index (κ3) is 3.05. The number of hydrogen-bond acceptors (Lipinski definition) is 5. The summed E-state index contributed by atoms with van der Waals surface area (Å²) in [5.74, 6) is -0.313. The van der Waals surface area contributed by atoms with E-state index in [0.29, 0.717) is 17.7 Å². The van der Waals surface area contributed by atoms with E-state index in [1.807, 2.05) is 31.2 Å². The number of carbonyl (C=O) groups excluding carboxylic acids is 1. The van der Waals surface area contributed by atoms with Crippen molar-refractivity contribution in [3.8, 4) is 0 Å². The largest absolute Gasteiger partial charge is 0.373 e. The molecule has 2 aliphatic rings. The molecule has 3 unspecified atom stereocenters. The summed E-state index contributed by atoms with van der Waals surface area (Å²) in [6.45, 7) is 2.64. The summed E-state index contributed by atoms with van der Waals surface area (Å²) in [6, 6.07) is 10.4. The van der Waals surface area contributed by atoms with E-state index in [4.69, 9.17) is 5.73 Å². The first-order chi connectivity index (χ1) is 12.5. The number of halogens is 1. The van der Waals surface area contributed by atoms with Gasteiger partial charge >= 0.3 is 0 Å². The van der Waals surface area contributed by atoms with Gasteiger partial charge < -0.3 is 16.4 Å². The van der Waals surface area contributed by atoms with E-state index in [9.17, 15) is 9.18 Å². The zero-order chi connectivity index (χ0) is 18.3. The Balaban J connectivity index is 1.48. The van der Waals surface area contributed by atoms with Crippen LogP contribution in [0.1, 0.15) is 22.6 Å². The molecule has 0 saturated carbocycles. The van der Waals surface area contributed by atoms with Gasteiger partial charge in [0.1, 0.15) is 11.9 Å². The highest BCUT2D eigenvalue weighted by atomic mass is 19.1. The molecule has 7 heteroatoms. The number of nitrogens with two attached hydrogens (primary N) is 1. The molecular weight excluding hydrogens is 333 g/mol. The number of hydrogen-bond donors (Lipinski definition) is 5. The molecule has 4 rings (SSSR count). The van der Waals surface area contributed by atoms with Crippen molar-refractivity contribution in [2.45, 2.75) is 31.5 Å². The maximum atomic E-state index is 14.0. The third-order valence-corrected chi connectivity index (χ3v) is 5.11. The van der Waals surface area contributed by atoms with Gasteiger partial charge in [-0.05, 0) is 36.2 Å². The zero-order valence-electron chi connectivity index (χ0n) is 14.5. The zero-order valence-corrected chi connectivity index (χ0v) is 14.5. The summed E-state index contributed by atoms with van der Waals surface area (Å²) in [5.41, 5.74) is 16.1. The number of nitrogens with one attached hydrogen (secondary N) is 4. The van der Waals surface area contributed by atoms with Crippen molar-refractivity contribution in [3.63, 3.8) is 0 Å². The molecule has 2 heterocycles. The third-order valence-electron chi connectivity index (χ3n) is 5.11. The Hall–Kier alpha value is -2.48. The lowest BCUT2D eigenvalue weighted by Crippen LogP contribution is -2.38. The summed E-state index contributed by atoms with van der Waals surface area (Å²) in [6.07, 6.45) is 0.174. The van der Waals surface area contributed by atoms with Crippen molar-refractivity contribution in [2.24, 2.45) is 5.73 Å². The maximum absolute atomic E-state index is 14.0. The van der Waals surface area contributed by atoms with E-state index in [-0.39, 0.29) is 23.8 Å². The minimum Gasteiger partial charge on any atom is -0.373 e. The summed E-state index contributed by atoms with van der Waals surface area (Å²) in [4.78, 5) is 12.7. The Morgan fingerprint density at radius 1 is 1.31 bits per heavy atom. The fourth-order valence-corrected chi connectivity index (χ4v) is 3.64. The molecule has 26 heavy (non-hydrogen) atoms. The Morgan fingerprint density at radius 2 is 2.15 bits per heavy atom. The topological polar surface area (TPSA) is 91.2 Å². The van der Waals surface area contributed by atoms with Gasteiger partial charge in [0.15, 0.2) is 0 Å². The van der Waals surface area contributed by atoms with Gasteiger partial charge in [0.25, 0.3) is 0 Å². The smallest absolute Gasteiger partial charge is 0.247 e. The molecular formula is C19H22FN5O. The first-order valence-electron chi connectivity index (χ1n) is 8.72. The highest BCUT2D eigenvalue weighted by Crippen LogP contribution is 2.32. The van der Waals surface area contributed by atoms with Gasteiger partial charge in [0.05, 0.1) is 6.17 Å². The molecule has 0 bridgehead atoms. The van der Waals surface area contributed by atoms with E-state index < -0.39 is 6.04 Å². The highest BCUT2D eigenvalue weighted by molar-refractivity contribution is 5.98. The van der Waals surface area contributed by atoms with Gasteiger partial charge in [-0.3, -0.25) is 10.2 Å². The lowest BCUT2D eigenvalue weighted by molar-refractivity contribution is -0.116. The standard InChI is InChI=1S/C19H22FN5O/c1-10-5-6-15(20)13-8-16(24-17(10)13)19(26)23-12-4-2-3-11(7-12)14-9-22-25-18(14)21/h2-7,14,16,18,22,24-25H,8-9,21H2,1H3,(H,23,26). The van der Waals surface area contributed by atoms with Crippen LogP contribution in [0.4, 0.5) is 15.8 Å². The van der Waals surface area contributed by atoms with Crippen LogP contribution in [0, 0.1) is 12.7 Å². The van der Waals surface area contributed by atoms with Crippen molar-refractivity contribution < 1.29 is 9.18 Å². The number of carbonyl (C=O) groups is 1. The second-order valence-corrected chi connectivity index (χ2v) is 6.89. The van der Waals surface area contributed by atoms with Gasteiger partial charge in [-0.2, -0.15) is 0 Å². The average molecular weight is 355 g/mol. The van der Waals surface area contributed by atoms with Crippen molar-refractivity contribution in [3.05, 3.63) is 58.9 Å². The molecule has 6 nitrogen and oxygen atoms in total. The van der Waals surface area contributed by atoms with Crippen molar-refractivity contribution >= 4 is 17.3 Å². The van der Waals surface area contributed by atoms with Gasteiger partial charge in [0.2, 0.25) is 5.91 Å². The molecule has 0 aromatic heterocycles. The normalized spacial score (nSPS) is 24.2. The van der Waals surface area contributed by atoms with Crippen LogP contribution >= 0.6 is 0 Å².